The lowest BCUT2D eigenvalue weighted by atomic mass is 9.99. The van der Waals surface area contributed by atoms with E-state index in [2.05, 4.69) is 29.1 Å². The van der Waals surface area contributed by atoms with Crippen LogP contribution in [0.5, 0.6) is 0 Å². The molecule has 108 valence electrons. The Morgan fingerprint density at radius 1 is 1.35 bits per heavy atom. The Balaban J connectivity index is 2.09. The summed E-state index contributed by atoms with van der Waals surface area (Å²) < 4.78 is 13.2. The molecule has 1 unspecified atom stereocenters. The van der Waals surface area contributed by atoms with Crippen molar-refractivity contribution >= 4 is 22.9 Å². The van der Waals surface area contributed by atoms with Crippen molar-refractivity contribution in [2.75, 3.05) is 6.54 Å². The third-order valence-electron chi connectivity index (χ3n) is 3.28. The molecule has 0 aliphatic heterocycles. The van der Waals surface area contributed by atoms with Crippen molar-refractivity contribution in [1.29, 1.82) is 0 Å². The van der Waals surface area contributed by atoms with E-state index >= 15 is 0 Å². The third-order valence-corrected chi connectivity index (χ3v) is 4.34. The van der Waals surface area contributed by atoms with Gasteiger partial charge in [0, 0.05) is 11.1 Å². The van der Waals surface area contributed by atoms with Crippen molar-refractivity contribution in [3.63, 3.8) is 0 Å². The second kappa shape index (κ2) is 7.77. The minimum Gasteiger partial charge on any atom is -0.310 e. The molecule has 1 aromatic carbocycles. The highest BCUT2D eigenvalue weighted by Gasteiger charge is 2.14. The summed E-state index contributed by atoms with van der Waals surface area (Å²) in [5.74, 6) is -0.286. The molecule has 0 fully saturated rings. The Bertz CT molecular complexity index is 527. The van der Waals surface area contributed by atoms with E-state index in [0.717, 1.165) is 31.4 Å². The van der Waals surface area contributed by atoms with Crippen LogP contribution in [0.25, 0.3) is 0 Å². The van der Waals surface area contributed by atoms with Gasteiger partial charge < -0.3 is 5.32 Å². The number of rotatable bonds is 7. The smallest absolute Gasteiger partial charge is 0.124 e. The summed E-state index contributed by atoms with van der Waals surface area (Å²) in [6, 6.07) is 6.98. The molecule has 2 aromatic rings. The van der Waals surface area contributed by atoms with E-state index in [-0.39, 0.29) is 11.9 Å². The van der Waals surface area contributed by atoms with Gasteiger partial charge in [-0.15, -0.1) is 0 Å². The van der Waals surface area contributed by atoms with E-state index in [1.165, 1.54) is 17.7 Å². The van der Waals surface area contributed by atoms with Gasteiger partial charge in [0.25, 0.3) is 0 Å². The van der Waals surface area contributed by atoms with Crippen molar-refractivity contribution < 1.29 is 4.39 Å². The van der Waals surface area contributed by atoms with Gasteiger partial charge in [-0.05, 0) is 65.9 Å². The maximum Gasteiger partial charge on any atom is 0.124 e. The van der Waals surface area contributed by atoms with E-state index in [1.54, 1.807) is 17.4 Å². The third kappa shape index (κ3) is 4.30. The lowest BCUT2D eigenvalue weighted by molar-refractivity contribution is 0.498. The Labute approximate surface area is 128 Å². The SMILES string of the molecule is CCCNC(CCc1ccsc1)c1ccc(F)cc1Cl. The molecule has 0 bridgehead atoms. The Morgan fingerprint density at radius 2 is 2.20 bits per heavy atom. The summed E-state index contributed by atoms with van der Waals surface area (Å²) >= 11 is 7.90. The van der Waals surface area contributed by atoms with Crippen LogP contribution in [-0.2, 0) is 6.42 Å². The van der Waals surface area contributed by atoms with Crippen LogP contribution < -0.4 is 5.32 Å². The summed E-state index contributed by atoms with van der Waals surface area (Å²) in [6.45, 7) is 3.07. The molecule has 0 aliphatic rings. The highest BCUT2D eigenvalue weighted by molar-refractivity contribution is 7.07. The lowest BCUT2D eigenvalue weighted by Crippen LogP contribution is -2.23. The molecule has 0 spiro atoms. The standard InChI is InChI=1S/C16H19ClFNS/c1-2-8-19-16(6-3-12-7-9-20-11-12)14-5-4-13(18)10-15(14)17/h4-5,7,9-11,16,19H,2-3,6,8H2,1H3. The van der Waals surface area contributed by atoms with Gasteiger partial charge in [0.15, 0.2) is 0 Å². The number of benzene rings is 1. The summed E-state index contributed by atoms with van der Waals surface area (Å²) in [4.78, 5) is 0. The minimum atomic E-state index is -0.286. The summed E-state index contributed by atoms with van der Waals surface area (Å²) in [5.41, 5.74) is 2.33. The summed E-state index contributed by atoms with van der Waals surface area (Å²) in [5, 5.41) is 8.27. The Hall–Kier alpha value is -0.900. The maximum absolute atomic E-state index is 13.2. The van der Waals surface area contributed by atoms with Crippen LogP contribution in [0.2, 0.25) is 5.02 Å². The molecule has 1 atom stereocenters. The highest BCUT2D eigenvalue weighted by Crippen LogP contribution is 2.27. The van der Waals surface area contributed by atoms with E-state index in [1.807, 2.05) is 0 Å². The molecular formula is C16H19ClFNS. The van der Waals surface area contributed by atoms with Crippen molar-refractivity contribution in [3.05, 3.63) is 57.0 Å². The maximum atomic E-state index is 13.2. The molecule has 20 heavy (non-hydrogen) atoms. The van der Waals surface area contributed by atoms with E-state index in [0.29, 0.717) is 5.02 Å². The molecule has 0 radical (unpaired) electrons. The Morgan fingerprint density at radius 3 is 2.85 bits per heavy atom. The second-order valence-electron chi connectivity index (χ2n) is 4.84. The molecule has 0 saturated carbocycles. The van der Waals surface area contributed by atoms with Crippen molar-refractivity contribution in [3.8, 4) is 0 Å². The predicted octanol–water partition coefficient (Wildman–Crippen LogP) is 5.21. The molecule has 0 saturated heterocycles. The van der Waals surface area contributed by atoms with Gasteiger partial charge in [-0.25, -0.2) is 4.39 Å². The fourth-order valence-corrected chi connectivity index (χ4v) is 3.22. The van der Waals surface area contributed by atoms with Crippen molar-refractivity contribution in [2.24, 2.45) is 0 Å². The minimum absolute atomic E-state index is 0.169. The quantitative estimate of drug-likeness (QED) is 0.739. The highest BCUT2D eigenvalue weighted by atomic mass is 35.5. The van der Waals surface area contributed by atoms with Crippen molar-refractivity contribution in [2.45, 2.75) is 32.2 Å². The van der Waals surface area contributed by atoms with E-state index < -0.39 is 0 Å². The number of aryl methyl sites for hydroxylation is 1. The van der Waals surface area contributed by atoms with Crippen molar-refractivity contribution in [1.82, 2.24) is 5.32 Å². The number of halogens is 2. The molecule has 0 amide bonds. The topological polar surface area (TPSA) is 12.0 Å². The largest absolute Gasteiger partial charge is 0.310 e. The average molecular weight is 312 g/mol. The van der Waals surface area contributed by atoms with Gasteiger partial charge in [-0.3, -0.25) is 0 Å². The van der Waals surface area contributed by atoms with E-state index in [9.17, 15) is 4.39 Å². The summed E-state index contributed by atoms with van der Waals surface area (Å²) in [7, 11) is 0. The first-order valence-electron chi connectivity index (χ1n) is 6.90. The molecule has 2 rings (SSSR count). The zero-order chi connectivity index (χ0) is 14.4. The number of thiophene rings is 1. The average Bonchev–Trinajstić information content (AvgIpc) is 2.93. The number of hydrogen-bond acceptors (Lipinski definition) is 2. The summed E-state index contributed by atoms with van der Waals surface area (Å²) in [6.07, 6.45) is 3.02. The zero-order valence-electron chi connectivity index (χ0n) is 11.5. The van der Waals surface area contributed by atoms with Gasteiger partial charge in [-0.2, -0.15) is 11.3 Å². The first kappa shape index (κ1) is 15.5. The van der Waals surface area contributed by atoms with Crippen LogP contribution in [-0.4, -0.2) is 6.54 Å². The fourth-order valence-electron chi connectivity index (χ4n) is 2.22. The van der Waals surface area contributed by atoms with Crippen LogP contribution in [0.3, 0.4) is 0 Å². The van der Waals surface area contributed by atoms with E-state index in [4.69, 9.17) is 11.6 Å². The second-order valence-corrected chi connectivity index (χ2v) is 6.03. The fraction of sp³-hybridized carbons (Fsp3) is 0.375. The van der Waals surface area contributed by atoms with Gasteiger partial charge in [0.1, 0.15) is 5.82 Å². The monoisotopic (exact) mass is 311 g/mol. The molecular weight excluding hydrogens is 293 g/mol. The number of nitrogens with one attached hydrogen (secondary N) is 1. The number of hydrogen-bond donors (Lipinski definition) is 1. The first-order chi connectivity index (χ1) is 9.70. The lowest BCUT2D eigenvalue weighted by Gasteiger charge is -2.20. The van der Waals surface area contributed by atoms with Gasteiger partial charge in [0.05, 0.1) is 0 Å². The molecule has 4 heteroatoms. The van der Waals surface area contributed by atoms with Gasteiger partial charge in [-0.1, -0.05) is 24.6 Å². The van der Waals surface area contributed by atoms with Crippen LogP contribution in [0.15, 0.2) is 35.0 Å². The zero-order valence-corrected chi connectivity index (χ0v) is 13.1. The van der Waals surface area contributed by atoms with Gasteiger partial charge in [0.2, 0.25) is 0 Å². The molecule has 1 nitrogen and oxygen atoms in total. The van der Waals surface area contributed by atoms with Crippen LogP contribution in [0, 0.1) is 5.82 Å². The molecule has 1 heterocycles. The molecule has 1 aromatic heterocycles. The van der Waals surface area contributed by atoms with Crippen LogP contribution in [0.4, 0.5) is 4.39 Å². The molecule has 1 N–H and O–H groups in total. The first-order valence-corrected chi connectivity index (χ1v) is 8.22. The van der Waals surface area contributed by atoms with Crippen LogP contribution >= 0.6 is 22.9 Å². The Kier molecular flexibility index (Phi) is 6.02. The van der Waals surface area contributed by atoms with Crippen LogP contribution in [0.1, 0.15) is 36.9 Å². The predicted molar refractivity (Wildman–Crippen MR) is 85.1 cm³/mol. The normalized spacial score (nSPS) is 12.6. The molecule has 0 aliphatic carbocycles. The van der Waals surface area contributed by atoms with Gasteiger partial charge >= 0.3 is 0 Å².